The van der Waals surface area contributed by atoms with E-state index in [1.165, 1.54) is 4.31 Å². The minimum absolute atomic E-state index is 0.193. The summed E-state index contributed by atoms with van der Waals surface area (Å²) in [5.74, 6) is -0.00208. The second-order valence-corrected chi connectivity index (χ2v) is 9.76. The number of sulfonamides is 1. The van der Waals surface area contributed by atoms with Gasteiger partial charge in [0.1, 0.15) is 12.4 Å². The molecule has 1 aliphatic heterocycles. The Hall–Kier alpha value is -2.80. The summed E-state index contributed by atoms with van der Waals surface area (Å²) in [6.45, 7) is 8.12. The number of para-hydroxylation sites is 1. The molecule has 6 nitrogen and oxygen atoms in total. The molecule has 4 rings (SSSR count). The molecule has 0 radical (unpaired) electrons. The van der Waals surface area contributed by atoms with E-state index in [-0.39, 0.29) is 5.92 Å². The van der Waals surface area contributed by atoms with Gasteiger partial charge in [-0.15, -0.1) is 0 Å². The molecule has 1 N–H and O–H groups in total. The molecule has 1 amide bonds. The van der Waals surface area contributed by atoms with Crippen molar-refractivity contribution < 1.29 is 17.9 Å². The summed E-state index contributed by atoms with van der Waals surface area (Å²) in [4.78, 5) is 13.0. The van der Waals surface area contributed by atoms with E-state index < -0.39 is 20.7 Å². The minimum atomic E-state index is -3.81. The fraction of sp³-hybridized carbons (Fsp3) is 0.318. The largest absolute Gasteiger partial charge is 0.490 e. The van der Waals surface area contributed by atoms with Gasteiger partial charge in [-0.1, -0.05) is 30.9 Å². The highest BCUT2D eigenvalue weighted by Crippen LogP contribution is 2.59. The highest BCUT2D eigenvalue weighted by Gasteiger charge is 2.75. The first-order valence-corrected chi connectivity index (χ1v) is 11.0. The molecule has 0 aromatic heterocycles. The Morgan fingerprint density at radius 3 is 2.52 bits per heavy atom. The SMILES string of the molecule is C=CCOc1ccc(NC(=O)[C@@]23C[C@@H]2CN(c2c(C)cccc2C)S3(=O)=O)cc1. The number of fused-ring (bicyclic) bond motifs is 1. The average molecular weight is 413 g/mol. The normalized spacial score (nSPS) is 23.9. The van der Waals surface area contributed by atoms with Gasteiger partial charge in [-0.3, -0.25) is 9.10 Å². The van der Waals surface area contributed by atoms with E-state index in [1.54, 1.807) is 30.3 Å². The number of hydrogen-bond acceptors (Lipinski definition) is 4. The van der Waals surface area contributed by atoms with E-state index in [9.17, 15) is 13.2 Å². The maximum absolute atomic E-state index is 13.4. The van der Waals surface area contributed by atoms with Crippen LogP contribution in [0.1, 0.15) is 17.5 Å². The van der Waals surface area contributed by atoms with Gasteiger partial charge in [0, 0.05) is 18.2 Å². The Bertz CT molecular complexity index is 1060. The molecule has 1 saturated heterocycles. The number of carbonyl (C=O) groups is 1. The zero-order valence-electron chi connectivity index (χ0n) is 16.5. The summed E-state index contributed by atoms with van der Waals surface area (Å²) in [7, 11) is -3.81. The molecule has 2 aromatic carbocycles. The number of anilines is 2. The van der Waals surface area contributed by atoms with Crippen molar-refractivity contribution >= 4 is 27.3 Å². The standard InChI is InChI=1S/C22H24N2O4S/c1-4-12-28-19-10-8-18(9-11-19)23-21(25)22-13-17(22)14-24(29(22,26)27)20-15(2)6-5-7-16(20)3/h4-11,17H,1,12-14H2,2-3H3,(H,23,25)/t17-,22-/m1/s1. The van der Waals surface area contributed by atoms with Gasteiger partial charge in [0.15, 0.2) is 4.75 Å². The van der Waals surface area contributed by atoms with Crippen LogP contribution >= 0.6 is 0 Å². The smallest absolute Gasteiger partial charge is 0.250 e. The number of nitrogens with zero attached hydrogens (tertiary/aromatic N) is 1. The number of ether oxygens (including phenoxy) is 1. The van der Waals surface area contributed by atoms with Crippen molar-refractivity contribution in [1.82, 2.24) is 0 Å². The van der Waals surface area contributed by atoms with Crippen molar-refractivity contribution in [1.29, 1.82) is 0 Å². The quantitative estimate of drug-likeness (QED) is 0.738. The van der Waals surface area contributed by atoms with Crippen molar-refractivity contribution in [3.63, 3.8) is 0 Å². The molecule has 0 bridgehead atoms. The van der Waals surface area contributed by atoms with E-state index in [2.05, 4.69) is 11.9 Å². The van der Waals surface area contributed by atoms with Gasteiger partial charge >= 0.3 is 0 Å². The topological polar surface area (TPSA) is 75.7 Å². The highest BCUT2D eigenvalue weighted by atomic mass is 32.2. The molecule has 0 spiro atoms. The second-order valence-electron chi connectivity index (χ2n) is 7.65. The van der Waals surface area contributed by atoms with Crippen molar-refractivity contribution in [3.8, 4) is 5.75 Å². The first-order valence-electron chi connectivity index (χ1n) is 9.55. The Morgan fingerprint density at radius 1 is 1.24 bits per heavy atom. The number of carbonyl (C=O) groups excluding carboxylic acids is 1. The summed E-state index contributed by atoms with van der Waals surface area (Å²) < 4.78 is 32.3. The molecule has 1 heterocycles. The van der Waals surface area contributed by atoms with Gasteiger partial charge < -0.3 is 10.1 Å². The third kappa shape index (κ3) is 3.00. The number of benzene rings is 2. The molecule has 2 atom stereocenters. The number of rotatable bonds is 6. The summed E-state index contributed by atoms with van der Waals surface area (Å²) >= 11 is 0. The molecule has 1 saturated carbocycles. The minimum Gasteiger partial charge on any atom is -0.490 e. The van der Waals surface area contributed by atoms with Crippen LogP contribution in [0.3, 0.4) is 0 Å². The van der Waals surface area contributed by atoms with Gasteiger partial charge in [0.2, 0.25) is 15.9 Å². The number of amides is 1. The van der Waals surface area contributed by atoms with Crippen LogP contribution in [0.25, 0.3) is 0 Å². The van der Waals surface area contributed by atoms with Crippen LogP contribution in [-0.4, -0.2) is 32.2 Å². The second kappa shape index (κ2) is 6.91. The zero-order chi connectivity index (χ0) is 20.8. The van der Waals surface area contributed by atoms with Gasteiger partial charge in [-0.25, -0.2) is 8.42 Å². The van der Waals surface area contributed by atoms with Crippen molar-refractivity contribution in [2.45, 2.75) is 25.0 Å². The lowest BCUT2D eigenvalue weighted by Gasteiger charge is -2.26. The van der Waals surface area contributed by atoms with Gasteiger partial charge in [0.05, 0.1) is 5.69 Å². The molecule has 29 heavy (non-hydrogen) atoms. The lowest BCUT2D eigenvalue weighted by Crippen LogP contribution is -2.42. The first-order chi connectivity index (χ1) is 13.8. The predicted molar refractivity (Wildman–Crippen MR) is 114 cm³/mol. The maximum Gasteiger partial charge on any atom is 0.250 e. The van der Waals surface area contributed by atoms with Crippen molar-refractivity contribution in [2.75, 3.05) is 22.8 Å². The van der Waals surface area contributed by atoms with Crippen LogP contribution in [0.2, 0.25) is 0 Å². The molecule has 2 aliphatic rings. The summed E-state index contributed by atoms with van der Waals surface area (Å²) in [5.41, 5.74) is 3.01. The highest BCUT2D eigenvalue weighted by molar-refractivity contribution is 7.95. The molecule has 2 fully saturated rings. The summed E-state index contributed by atoms with van der Waals surface area (Å²) in [6, 6.07) is 12.6. The van der Waals surface area contributed by atoms with E-state index in [4.69, 9.17) is 4.74 Å². The van der Waals surface area contributed by atoms with Crippen LogP contribution in [0.15, 0.2) is 55.1 Å². The molecule has 2 aromatic rings. The molecular weight excluding hydrogens is 388 g/mol. The van der Waals surface area contributed by atoms with Crippen LogP contribution in [0.5, 0.6) is 5.75 Å². The number of aryl methyl sites for hydroxylation is 2. The first kappa shape index (κ1) is 19.5. The third-order valence-electron chi connectivity index (χ3n) is 5.74. The Balaban J connectivity index is 1.56. The number of hydrogen-bond donors (Lipinski definition) is 1. The summed E-state index contributed by atoms with van der Waals surface area (Å²) in [6.07, 6.45) is 2.01. The van der Waals surface area contributed by atoms with Crippen molar-refractivity contribution in [3.05, 3.63) is 66.2 Å². The maximum atomic E-state index is 13.4. The van der Waals surface area contributed by atoms with Gasteiger partial charge in [-0.2, -0.15) is 0 Å². The molecule has 7 heteroatoms. The fourth-order valence-electron chi connectivity index (χ4n) is 4.16. The number of nitrogens with one attached hydrogen (secondary N) is 1. The molecule has 1 aliphatic carbocycles. The van der Waals surface area contributed by atoms with Gasteiger partial charge in [-0.05, 0) is 55.7 Å². The van der Waals surface area contributed by atoms with E-state index in [1.807, 2.05) is 32.0 Å². The molecule has 152 valence electrons. The predicted octanol–water partition coefficient (Wildman–Crippen LogP) is 3.42. The van der Waals surface area contributed by atoms with Crippen LogP contribution in [0.4, 0.5) is 11.4 Å². The Morgan fingerprint density at radius 2 is 1.90 bits per heavy atom. The van der Waals surface area contributed by atoms with Crippen LogP contribution < -0.4 is 14.4 Å². The Labute approximate surface area is 171 Å². The molecule has 0 unspecified atom stereocenters. The summed E-state index contributed by atoms with van der Waals surface area (Å²) in [5, 5.41) is 2.79. The van der Waals surface area contributed by atoms with E-state index >= 15 is 0 Å². The van der Waals surface area contributed by atoms with Crippen LogP contribution in [0, 0.1) is 19.8 Å². The van der Waals surface area contributed by atoms with Crippen LogP contribution in [-0.2, 0) is 14.8 Å². The average Bonchev–Trinajstić information content (AvgIpc) is 3.37. The van der Waals surface area contributed by atoms with E-state index in [0.717, 1.165) is 11.1 Å². The van der Waals surface area contributed by atoms with Gasteiger partial charge in [0.25, 0.3) is 0 Å². The molecular formula is C22H24N2O4S. The monoisotopic (exact) mass is 412 g/mol. The van der Waals surface area contributed by atoms with Crippen molar-refractivity contribution in [2.24, 2.45) is 5.92 Å². The third-order valence-corrected chi connectivity index (χ3v) is 8.26. The lowest BCUT2D eigenvalue weighted by atomic mass is 10.1. The Kier molecular flexibility index (Phi) is 4.65. The zero-order valence-corrected chi connectivity index (χ0v) is 17.3. The van der Waals surface area contributed by atoms with E-state index in [0.29, 0.717) is 36.7 Å². The lowest BCUT2D eigenvalue weighted by molar-refractivity contribution is -0.116. The fourth-order valence-corrected chi connectivity index (χ4v) is 6.65.